The molecule has 0 saturated heterocycles. The maximum atomic E-state index is 9.38. The van der Waals surface area contributed by atoms with Crippen molar-refractivity contribution in [1.29, 1.82) is 0 Å². The minimum atomic E-state index is 0.351. The van der Waals surface area contributed by atoms with Crippen LogP contribution in [0.3, 0.4) is 0 Å². The number of rotatable bonds is 4. The van der Waals surface area contributed by atoms with Crippen molar-refractivity contribution in [2.75, 3.05) is 0 Å². The lowest BCUT2D eigenvalue weighted by atomic mass is 10.0. The quantitative estimate of drug-likeness (QED) is 0.842. The Morgan fingerprint density at radius 1 is 0.824 bits per heavy atom. The van der Waals surface area contributed by atoms with Crippen molar-refractivity contribution in [1.82, 2.24) is 0 Å². The molecule has 0 bridgehead atoms. The number of phenolic OH excluding ortho intramolecular Hbond substituents is 1. The van der Waals surface area contributed by atoms with Gasteiger partial charge in [-0.25, -0.2) is 0 Å². The fourth-order valence-electron chi connectivity index (χ4n) is 1.94. The molecule has 0 atom stereocenters. The Kier molecular flexibility index (Phi) is 3.81. The molecule has 0 aliphatic rings. The molecule has 1 N–H and O–H groups in total. The fraction of sp³-hybridized carbons (Fsp3) is 0.250. The summed E-state index contributed by atoms with van der Waals surface area (Å²) >= 11 is 0. The van der Waals surface area contributed by atoms with Crippen LogP contribution in [0.2, 0.25) is 0 Å². The normalized spacial score (nSPS) is 10.4. The molecule has 0 unspecified atom stereocenters. The molecule has 0 radical (unpaired) electrons. The van der Waals surface area contributed by atoms with Gasteiger partial charge in [0.25, 0.3) is 0 Å². The maximum absolute atomic E-state index is 9.38. The molecule has 0 aliphatic carbocycles. The molecule has 0 spiro atoms. The lowest BCUT2D eigenvalue weighted by Crippen LogP contribution is -1.91. The fourth-order valence-corrected chi connectivity index (χ4v) is 1.94. The third-order valence-electron chi connectivity index (χ3n) is 3.04. The molecule has 1 heteroatoms. The largest absolute Gasteiger partial charge is 0.508 e. The summed E-state index contributed by atoms with van der Waals surface area (Å²) in [5.41, 5.74) is 3.92. The van der Waals surface area contributed by atoms with Gasteiger partial charge in [0, 0.05) is 0 Å². The van der Waals surface area contributed by atoms with Crippen molar-refractivity contribution in [3.8, 4) is 5.75 Å². The zero-order valence-corrected chi connectivity index (χ0v) is 10.2. The highest BCUT2D eigenvalue weighted by Gasteiger charge is 1.97. The predicted molar refractivity (Wildman–Crippen MR) is 71.3 cm³/mol. The van der Waals surface area contributed by atoms with Gasteiger partial charge in [-0.1, -0.05) is 43.3 Å². The van der Waals surface area contributed by atoms with E-state index in [1.165, 1.54) is 16.7 Å². The Morgan fingerprint density at radius 3 is 2.12 bits per heavy atom. The van der Waals surface area contributed by atoms with Crippen LogP contribution in [0.15, 0.2) is 48.5 Å². The Labute approximate surface area is 103 Å². The first-order valence-corrected chi connectivity index (χ1v) is 6.13. The molecule has 0 aliphatic heterocycles. The highest BCUT2D eigenvalue weighted by molar-refractivity contribution is 5.29. The van der Waals surface area contributed by atoms with Crippen molar-refractivity contribution < 1.29 is 5.11 Å². The van der Waals surface area contributed by atoms with Gasteiger partial charge in [0.1, 0.15) is 5.75 Å². The standard InChI is InChI=1S/C16H18O/c1-2-13-6-8-14(9-7-13)10-11-15-4-3-5-16(17)12-15/h3-9,12,17H,2,10-11H2,1H3. The Balaban J connectivity index is 1.97. The van der Waals surface area contributed by atoms with Gasteiger partial charge in [-0.15, -0.1) is 0 Å². The molecule has 88 valence electrons. The molecule has 0 amide bonds. The van der Waals surface area contributed by atoms with Gasteiger partial charge in [-0.3, -0.25) is 0 Å². The third-order valence-corrected chi connectivity index (χ3v) is 3.04. The van der Waals surface area contributed by atoms with Crippen molar-refractivity contribution in [3.63, 3.8) is 0 Å². The number of hydrogen-bond donors (Lipinski definition) is 1. The molecule has 0 heterocycles. The van der Waals surface area contributed by atoms with Gasteiger partial charge in [0.05, 0.1) is 0 Å². The van der Waals surface area contributed by atoms with Crippen LogP contribution in [-0.2, 0) is 19.3 Å². The van der Waals surface area contributed by atoms with E-state index in [1.807, 2.05) is 12.1 Å². The number of phenols is 1. The van der Waals surface area contributed by atoms with Gasteiger partial charge in [-0.2, -0.15) is 0 Å². The summed E-state index contributed by atoms with van der Waals surface area (Å²) in [6.45, 7) is 2.17. The highest BCUT2D eigenvalue weighted by atomic mass is 16.3. The minimum absolute atomic E-state index is 0.351. The molecule has 2 aromatic carbocycles. The molecule has 0 saturated carbocycles. The van der Waals surface area contributed by atoms with Gasteiger partial charge < -0.3 is 5.11 Å². The SMILES string of the molecule is CCc1ccc(CCc2cccc(O)c2)cc1. The maximum Gasteiger partial charge on any atom is 0.115 e. The van der Waals surface area contributed by atoms with Crippen molar-refractivity contribution in [2.24, 2.45) is 0 Å². The van der Waals surface area contributed by atoms with Crippen LogP contribution in [0.4, 0.5) is 0 Å². The second-order valence-corrected chi connectivity index (χ2v) is 4.34. The number of aryl methyl sites for hydroxylation is 3. The van der Waals surface area contributed by atoms with Crippen LogP contribution in [0.25, 0.3) is 0 Å². The average Bonchev–Trinajstić information content (AvgIpc) is 2.37. The predicted octanol–water partition coefficient (Wildman–Crippen LogP) is 3.74. The molecular formula is C16H18O. The monoisotopic (exact) mass is 226 g/mol. The van der Waals surface area contributed by atoms with E-state index in [1.54, 1.807) is 6.07 Å². The van der Waals surface area contributed by atoms with E-state index in [-0.39, 0.29) is 0 Å². The van der Waals surface area contributed by atoms with Crippen LogP contribution >= 0.6 is 0 Å². The summed E-state index contributed by atoms with van der Waals surface area (Å²) in [6.07, 6.45) is 3.08. The Hall–Kier alpha value is -1.76. The van der Waals surface area contributed by atoms with E-state index in [9.17, 15) is 5.11 Å². The van der Waals surface area contributed by atoms with Crippen molar-refractivity contribution in [3.05, 3.63) is 65.2 Å². The highest BCUT2D eigenvalue weighted by Crippen LogP contribution is 2.14. The molecule has 2 aromatic rings. The summed E-state index contributed by atoms with van der Waals surface area (Å²) in [5.74, 6) is 0.351. The summed E-state index contributed by atoms with van der Waals surface area (Å²) in [5, 5.41) is 9.38. The average molecular weight is 226 g/mol. The minimum Gasteiger partial charge on any atom is -0.508 e. The van der Waals surface area contributed by atoms with Gasteiger partial charge in [0.15, 0.2) is 0 Å². The van der Waals surface area contributed by atoms with E-state index in [0.717, 1.165) is 19.3 Å². The van der Waals surface area contributed by atoms with Gasteiger partial charge in [-0.05, 0) is 48.1 Å². The van der Waals surface area contributed by atoms with Crippen LogP contribution in [-0.4, -0.2) is 5.11 Å². The molecule has 0 fully saturated rings. The topological polar surface area (TPSA) is 20.2 Å². The molecule has 0 aromatic heterocycles. The summed E-state index contributed by atoms with van der Waals surface area (Å²) in [4.78, 5) is 0. The van der Waals surface area contributed by atoms with Crippen molar-refractivity contribution >= 4 is 0 Å². The molecule has 2 rings (SSSR count). The van der Waals surface area contributed by atoms with E-state index in [2.05, 4.69) is 37.3 Å². The second kappa shape index (κ2) is 5.53. The third kappa shape index (κ3) is 3.35. The van der Waals surface area contributed by atoms with E-state index in [4.69, 9.17) is 0 Å². The van der Waals surface area contributed by atoms with Gasteiger partial charge in [0.2, 0.25) is 0 Å². The van der Waals surface area contributed by atoms with Crippen LogP contribution in [0.5, 0.6) is 5.75 Å². The van der Waals surface area contributed by atoms with Crippen LogP contribution < -0.4 is 0 Å². The van der Waals surface area contributed by atoms with Gasteiger partial charge >= 0.3 is 0 Å². The summed E-state index contributed by atoms with van der Waals surface area (Å²) in [7, 11) is 0. The Morgan fingerprint density at radius 2 is 1.47 bits per heavy atom. The Bertz CT molecular complexity index is 471. The van der Waals surface area contributed by atoms with Crippen LogP contribution in [0, 0.1) is 0 Å². The molecular weight excluding hydrogens is 208 g/mol. The first-order chi connectivity index (χ1) is 8.28. The zero-order valence-electron chi connectivity index (χ0n) is 10.2. The van der Waals surface area contributed by atoms with E-state index >= 15 is 0 Å². The first-order valence-electron chi connectivity index (χ1n) is 6.13. The zero-order chi connectivity index (χ0) is 12.1. The smallest absolute Gasteiger partial charge is 0.115 e. The summed E-state index contributed by atoms with van der Waals surface area (Å²) in [6, 6.07) is 16.3. The summed E-state index contributed by atoms with van der Waals surface area (Å²) < 4.78 is 0. The number of aromatic hydroxyl groups is 1. The number of benzene rings is 2. The molecule has 17 heavy (non-hydrogen) atoms. The van der Waals surface area contributed by atoms with E-state index in [0.29, 0.717) is 5.75 Å². The van der Waals surface area contributed by atoms with Crippen LogP contribution in [0.1, 0.15) is 23.6 Å². The lowest BCUT2D eigenvalue weighted by Gasteiger charge is -2.04. The molecule has 1 nitrogen and oxygen atoms in total. The second-order valence-electron chi connectivity index (χ2n) is 4.34. The number of hydrogen-bond acceptors (Lipinski definition) is 1. The first kappa shape index (κ1) is 11.7. The lowest BCUT2D eigenvalue weighted by molar-refractivity contribution is 0.474. The van der Waals surface area contributed by atoms with E-state index < -0.39 is 0 Å². The van der Waals surface area contributed by atoms with Crippen molar-refractivity contribution in [2.45, 2.75) is 26.2 Å².